The molecule has 0 bridgehead atoms. The summed E-state index contributed by atoms with van der Waals surface area (Å²) in [4.78, 5) is 11.0. The first kappa shape index (κ1) is 8.25. The van der Waals surface area contributed by atoms with Gasteiger partial charge < -0.3 is 0 Å². The minimum atomic E-state index is 0.336. The van der Waals surface area contributed by atoms with Crippen molar-refractivity contribution in [3.05, 3.63) is 23.8 Å². The van der Waals surface area contributed by atoms with Gasteiger partial charge in [0.1, 0.15) is 5.78 Å². The fourth-order valence-electron chi connectivity index (χ4n) is 1.15. The molecule has 0 N–H and O–H groups in total. The number of allylic oxidation sites excluding steroid dienone is 4. The maximum atomic E-state index is 11.0. The van der Waals surface area contributed by atoms with Crippen LogP contribution in [0.4, 0.5) is 0 Å². The van der Waals surface area contributed by atoms with Crippen LogP contribution in [0.2, 0.25) is 0 Å². The van der Waals surface area contributed by atoms with Gasteiger partial charge in [-0.1, -0.05) is 25.2 Å². The van der Waals surface area contributed by atoms with Gasteiger partial charge in [-0.15, -0.1) is 0 Å². The van der Waals surface area contributed by atoms with Crippen LogP contribution in [-0.2, 0) is 4.79 Å². The van der Waals surface area contributed by atoms with Crippen LogP contribution in [0.5, 0.6) is 0 Å². The summed E-state index contributed by atoms with van der Waals surface area (Å²) in [7, 11) is 0. The van der Waals surface area contributed by atoms with Crippen LogP contribution in [0.3, 0.4) is 0 Å². The van der Waals surface area contributed by atoms with Crippen LogP contribution < -0.4 is 0 Å². The normalized spacial score (nSPS) is 16.3. The zero-order valence-corrected chi connectivity index (χ0v) is 6.97. The molecule has 0 heterocycles. The number of carbonyl (C=O) groups is 1. The predicted octanol–water partition coefficient (Wildman–Crippen LogP) is 2.63. The van der Waals surface area contributed by atoms with E-state index in [-0.39, 0.29) is 0 Å². The molecule has 0 spiro atoms. The van der Waals surface area contributed by atoms with E-state index in [4.69, 9.17) is 0 Å². The van der Waals surface area contributed by atoms with E-state index in [1.165, 1.54) is 5.57 Å². The quantitative estimate of drug-likeness (QED) is 0.604. The Hall–Kier alpha value is -0.850. The van der Waals surface area contributed by atoms with Crippen LogP contribution in [-0.4, -0.2) is 5.78 Å². The molecule has 11 heavy (non-hydrogen) atoms. The van der Waals surface area contributed by atoms with Crippen molar-refractivity contribution in [2.24, 2.45) is 0 Å². The minimum Gasteiger partial charge on any atom is -0.299 e. The molecule has 0 fully saturated rings. The lowest BCUT2D eigenvalue weighted by molar-refractivity contribution is -0.118. The monoisotopic (exact) mass is 150 g/mol. The molecule has 0 saturated carbocycles. The number of hydrogen-bond donors (Lipinski definition) is 0. The first-order valence-electron chi connectivity index (χ1n) is 4.20. The van der Waals surface area contributed by atoms with Crippen LogP contribution in [0.1, 0.15) is 32.6 Å². The number of rotatable bonds is 3. The topological polar surface area (TPSA) is 17.1 Å². The van der Waals surface area contributed by atoms with Gasteiger partial charge >= 0.3 is 0 Å². The van der Waals surface area contributed by atoms with E-state index < -0.39 is 0 Å². The number of Topliss-reactive ketones (excluding diaryl/α,β-unsaturated/α-hetero) is 1. The zero-order chi connectivity index (χ0) is 8.10. The lowest BCUT2D eigenvalue weighted by Crippen LogP contribution is -1.97. The van der Waals surface area contributed by atoms with Gasteiger partial charge in [-0.25, -0.2) is 0 Å². The standard InChI is InChI=1S/C10H14O/c1-2-10(11)8-9-6-4-3-5-7-9/h4,6-7H,2-3,5,8H2,1H3. The molecular formula is C10H14O. The Bertz CT molecular complexity index is 199. The molecule has 60 valence electrons. The second-order valence-corrected chi connectivity index (χ2v) is 2.83. The van der Waals surface area contributed by atoms with Crippen LogP contribution in [0.25, 0.3) is 0 Å². The molecule has 1 nitrogen and oxygen atoms in total. The number of carbonyl (C=O) groups excluding carboxylic acids is 1. The van der Waals surface area contributed by atoms with Gasteiger partial charge in [-0.05, 0) is 18.4 Å². The Kier molecular flexibility index (Phi) is 3.09. The number of hydrogen-bond acceptors (Lipinski definition) is 1. The smallest absolute Gasteiger partial charge is 0.136 e. The Balaban J connectivity index is 2.42. The van der Waals surface area contributed by atoms with Gasteiger partial charge in [0.15, 0.2) is 0 Å². The van der Waals surface area contributed by atoms with E-state index in [0.29, 0.717) is 18.6 Å². The maximum absolute atomic E-state index is 11.0. The average molecular weight is 150 g/mol. The fourth-order valence-corrected chi connectivity index (χ4v) is 1.15. The lowest BCUT2D eigenvalue weighted by Gasteiger charge is -2.04. The molecule has 0 atom stereocenters. The van der Waals surface area contributed by atoms with Gasteiger partial charge in [-0.3, -0.25) is 4.79 Å². The molecule has 0 aromatic heterocycles. The first-order chi connectivity index (χ1) is 5.33. The summed E-state index contributed by atoms with van der Waals surface area (Å²) < 4.78 is 0. The SMILES string of the molecule is CCC(=O)CC1=CCCC=C1. The van der Waals surface area contributed by atoms with Gasteiger partial charge in [-0.2, -0.15) is 0 Å². The molecule has 1 aliphatic rings. The van der Waals surface area contributed by atoms with Crippen LogP contribution in [0, 0.1) is 0 Å². The third-order valence-corrected chi connectivity index (χ3v) is 1.87. The van der Waals surface area contributed by atoms with Crippen LogP contribution in [0.15, 0.2) is 23.8 Å². The average Bonchev–Trinajstić information content (AvgIpc) is 2.06. The summed E-state index contributed by atoms with van der Waals surface area (Å²) in [5.74, 6) is 0.336. The summed E-state index contributed by atoms with van der Waals surface area (Å²) in [6.07, 6.45) is 9.88. The lowest BCUT2D eigenvalue weighted by atomic mass is 10.0. The van der Waals surface area contributed by atoms with E-state index in [1.54, 1.807) is 0 Å². The largest absolute Gasteiger partial charge is 0.299 e. The Morgan fingerprint density at radius 2 is 2.36 bits per heavy atom. The second-order valence-electron chi connectivity index (χ2n) is 2.83. The molecule has 0 saturated heterocycles. The fraction of sp³-hybridized carbons (Fsp3) is 0.500. The van der Waals surface area contributed by atoms with Gasteiger partial charge in [0.2, 0.25) is 0 Å². The molecule has 1 rings (SSSR count). The Labute approximate surface area is 67.8 Å². The van der Waals surface area contributed by atoms with E-state index in [0.717, 1.165) is 12.8 Å². The molecule has 0 aromatic rings. The second kappa shape index (κ2) is 4.12. The first-order valence-corrected chi connectivity index (χ1v) is 4.20. The molecule has 0 radical (unpaired) electrons. The van der Waals surface area contributed by atoms with E-state index >= 15 is 0 Å². The molecule has 0 amide bonds. The van der Waals surface area contributed by atoms with E-state index in [2.05, 4.69) is 18.2 Å². The third kappa shape index (κ3) is 2.71. The molecule has 0 unspecified atom stereocenters. The summed E-state index contributed by atoms with van der Waals surface area (Å²) in [5.41, 5.74) is 1.20. The van der Waals surface area contributed by atoms with Crippen molar-refractivity contribution >= 4 is 5.78 Å². The molecule has 1 aliphatic carbocycles. The van der Waals surface area contributed by atoms with Crippen molar-refractivity contribution in [1.29, 1.82) is 0 Å². The molecule has 0 aliphatic heterocycles. The van der Waals surface area contributed by atoms with E-state index in [1.807, 2.05) is 6.92 Å². The highest BCUT2D eigenvalue weighted by molar-refractivity contribution is 5.81. The zero-order valence-electron chi connectivity index (χ0n) is 6.97. The molecular weight excluding hydrogens is 136 g/mol. The minimum absolute atomic E-state index is 0.336. The number of ketones is 1. The van der Waals surface area contributed by atoms with Gasteiger partial charge in [0, 0.05) is 12.8 Å². The molecule has 0 aromatic carbocycles. The molecule has 1 heteroatoms. The van der Waals surface area contributed by atoms with Crippen molar-refractivity contribution in [3.63, 3.8) is 0 Å². The van der Waals surface area contributed by atoms with Crippen LogP contribution >= 0.6 is 0 Å². The van der Waals surface area contributed by atoms with Crippen molar-refractivity contribution in [2.45, 2.75) is 32.6 Å². The van der Waals surface area contributed by atoms with Crippen molar-refractivity contribution in [2.75, 3.05) is 0 Å². The summed E-state index contributed by atoms with van der Waals surface area (Å²) in [5, 5.41) is 0. The third-order valence-electron chi connectivity index (χ3n) is 1.87. The van der Waals surface area contributed by atoms with Gasteiger partial charge in [0.25, 0.3) is 0 Å². The summed E-state index contributed by atoms with van der Waals surface area (Å²) in [6.45, 7) is 1.91. The summed E-state index contributed by atoms with van der Waals surface area (Å²) in [6, 6.07) is 0. The van der Waals surface area contributed by atoms with Crippen molar-refractivity contribution in [3.8, 4) is 0 Å². The highest BCUT2D eigenvalue weighted by Crippen LogP contribution is 2.13. The Morgan fingerprint density at radius 1 is 1.55 bits per heavy atom. The highest BCUT2D eigenvalue weighted by atomic mass is 16.1. The Morgan fingerprint density at radius 3 is 2.91 bits per heavy atom. The van der Waals surface area contributed by atoms with Gasteiger partial charge in [0.05, 0.1) is 0 Å². The van der Waals surface area contributed by atoms with Crippen molar-refractivity contribution in [1.82, 2.24) is 0 Å². The van der Waals surface area contributed by atoms with Crippen molar-refractivity contribution < 1.29 is 4.79 Å². The maximum Gasteiger partial charge on any atom is 0.136 e. The summed E-state index contributed by atoms with van der Waals surface area (Å²) >= 11 is 0. The van der Waals surface area contributed by atoms with E-state index in [9.17, 15) is 4.79 Å². The highest BCUT2D eigenvalue weighted by Gasteiger charge is 2.02. The predicted molar refractivity (Wildman–Crippen MR) is 46.4 cm³/mol.